The maximum absolute atomic E-state index is 12.2. The van der Waals surface area contributed by atoms with Crippen LogP contribution in [-0.4, -0.2) is 29.3 Å². The summed E-state index contributed by atoms with van der Waals surface area (Å²) in [5, 5.41) is 15.9. The zero-order chi connectivity index (χ0) is 18.0. The van der Waals surface area contributed by atoms with Crippen molar-refractivity contribution in [2.45, 2.75) is 24.4 Å². The van der Waals surface area contributed by atoms with Crippen molar-refractivity contribution in [2.75, 3.05) is 0 Å². The van der Waals surface area contributed by atoms with E-state index in [0.717, 1.165) is 16.6 Å². The van der Waals surface area contributed by atoms with Gasteiger partial charge < -0.3 is 5.32 Å². The highest BCUT2D eigenvalue weighted by atomic mass is 32.2. The first kappa shape index (κ1) is 17.1. The molecule has 0 radical (unpaired) electrons. The average Bonchev–Trinajstić information content (AvgIpc) is 2.97. The van der Waals surface area contributed by atoms with E-state index in [2.05, 4.69) is 15.6 Å². The highest BCUT2D eigenvalue weighted by molar-refractivity contribution is 7.89. The third-order valence-electron chi connectivity index (χ3n) is 3.80. The number of hydrogen-bond acceptors (Lipinski definition) is 5. The number of nitrogens with two attached hydrogens (primary N) is 1. The highest BCUT2D eigenvalue weighted by Crippen LogP contribution is 2.16. The number of fused-ring (bicyclic) bond motifs is 1. The van der Waals surface area contributed by atoms with Crippen LogP contribution in [0.1, 0.15) is 18.5 Å². The molecule has 3 aromatic rings. The summed E-state index contributed by atoms with van der Waals surface area (Å²) < 4.78 is 24.1. The Morgan fingerprint density at radius 1 is 1.20 bits per heavy atom. The van der Waals surface area contributed by atoms with E-state index in [0.29, 0.717) is 0 Å². The Kier molecular flexibility index (Phi) is 4.51. The molecule has 3 N–H and O–H groups in total. The van der Waals surface area contributed by atoms with Crippen molar-refractivity contribution in [1.82, 2.24) is 20.3 Å². The van der Waals surface area contributed by atoms with Crippen molar-refractivity contribution in [3.63, 3.8) is 0 Å². The number of aromatic nitrogens is 3. The van der Waals surface area contributed by atoms with E-state index < -0.39 is 10.0 Å². The van der Waals surface area contributed by atoms with Crippen LogP contribution in [-0.2, 0) is 21.4 Å². The van der Waals surface area contributed by atoms with E-state index in [1.165, 1.54) is 16.8 Å². The van der Waals surface area contributed by atoms with Crippen LogP contribution in [0.3, 0.4) is 0 Å². The number of nitrogens with one attached hydrogen (secondary N) is 1. The average molecular weight is 359 g/mol. The topological polar surface area (TPSA) is 120 Å². The van der Waals surface area contributed by atoms with Crippen LogP contribution in [0.5, 0.6) is 0 Å². The predicted octanol–water partition coefficient (Wildman–Crippen LogP) is 0.956. The molecule has 2 aromatic carbocycles. The van der Waals surface area contributed by atoms with Crippen molar-refractivity contribution in [1.29, 1.82) is 0 Å². The van der Waals surface area contributed by atoms with E-state index in [-0.39, 0.29) is 23.4 Å². The van der Waals surface area contributed by atoms with Gasteiger partial charge in [0, 0.05) is 0 Å². The Labute approximate surface area is 144 Å². The Hall–Kier alpha value is -2.78. The van der Waals surface area contributed by atoms with E-state index >= 15 is 0 Å². The molecular weight excluding hydrogens is 342 g/mol. The molecule has 0 bridgehead atoms. The summed E-state index contributed by atoms with van der Waals surface area (Å²) in [5.74, 6) is -0.223. The number of sulfonamides is 1. The Morgan fingerprint density at radius 2 is 1.88 bits per heavy atom. The number of benzene rings is 2. The largest absolute Gasteiger partial charge is 0.348 e. The Morgan fingerprint density at radius 3 is 2.56 bits per heavy atom. The van der Waals surface area contributed by atoms with E-state index in [1.54, 1.807) is 12.1 Å². The molecule has 0 spiro atoms. The molecule has 0 aliphatic rings. The fourth-order valence-corrected chi connectivity index (χ4v) is 3.00. The number of primary sulfonamides is 1. The first-order valence-corrected chi connectivity index (χ1v) is 9.09. The molecule has 9 heteroatoms. The van der Waals surface area contributed by atoms with E-state index in [1.807, 2.05) is 31.2 Å². The van der Waals surface area contributed by atoms with Gasteiger partial charge in [0.2, 0.25) is 15.9 Å². The van der Waals surface area contributed by atoms with Gasteiger partial charge in [0.05, 0.1) is 16.5 Å². The lowest BCUT2D eigenvalue weighted by atomic mass is 10.1. The molecule has 0 aliphatic carbocycles. The predicted molar refractivity (Wildman–Crippen MR) is 91.9 cm³/mol. The molecule has 0 saturated heterocycles. The van der Waals surface area contributed by atoms with Crippen molar-refractivity contribution in [3.8, 4) is 0 Å². The lowest BCUT2D eigenvalue weighted by Crippen LogP contribution is -2.30. The van der Waals surface area contributed by atoms with Crippen LogP contribution in [0.25, 0.3) is 11.0 Å². The number of nitrogens with zero attached hydrogens (tertiary/aromatic N) is 3. The van der Waals surface area contributed by atoms with Crippen LogP contribution in [0.15, 0.2) is 53.4 Å². The van der Waals surface area contributed by atoms with Gasteiger partial charge in [-0.05, 0) is 36.8 Å². The number of rotatable bonds is 5. The quantitative estimate of drug-likeness (QED) is 0.703. The van der Waals surface area contributed by atoms with E-state index in [9.17, 15) is 13.2 Å². The van der Waals surface area contributed by atoms with Gasteiger partial charge in [0.25, 0.3) is 0 Å². The monoisotopic (exact) mass is 359 g/mol. The molecule has 3 rings (SSSR count). The molecule has 130 valence electrons. The molecule has 0 saturated carbocycles. The van der Waals surface area contributed by atoms with E-state index in [4.69, 9.17) is 5.14 Å². The Bertz CT molecular complexity index is 1010. The van der Waals surface area contributed by atoms with Crippen LogP contribution >= 0.6 is 0 Å². The summed E-state index contributed by atoms with van der Waals surface area (Å²) in [6.07, 6.45) is 0. The minimum atomic E-state index is -3.73. The number of hydrogen-bond donors (Lipinski definition) is 2. The first-order chi connectivity index (χ1) is 11.8. The SMILES string of the molecule is CC(NC(=O)Cn1nnc2ccccc21)c1ccc(S(N)(=O)=O)cc1. The summed E-state index contributed by atoms with van der Waals surface area (Å²) in [6, 6.07) is 13.2. The number of carbonyl (C=O) groups excluding carboxylic acids is 1. The maximum Gasteiger partial charge on any atom is 0.242 e. The van der Waals surface area contributed by atoms with Gasteiger partial charge >= 0.3 is 0 Å². The van der Waals surface area contributed by atoms with Gasteiger partial charge in [-0.25, -0.2) is 18.2 Å². The molecule has 25 heavy (non-hydrogen) atoms. The molecule has 1 amide bonds. The van der Waals surface area contributed by atoms with Crippen LogP contribution < -0.4 is 10.5 Å². The van der Waals surface area contributed by atoms with Crippen LogP contribution in [0.2, 0.25) is 0 Å². The Balaban J connectivity index is 1.68. The second-order valence-corrected chi connectivity index (χ2v) is 7.20. The molecule has 1 atom stereocenters. The van der Waals surface area contributed by atoms with Crippen LogP contribution in [0, 0.1) is 0 Å². The van der Waals surface area contributed by atoms with Gasteiger partial charge in [-0.3, -0.25) is 4.79 Å². The first-order valence-electron chi connectivity index (χ1n) is 7.55. The molecule has 8 nitrogen and oxygen atoms in total. The zero-order valence-corrected chi connectivity index (χ0v) is 14.3. The minimum Gasteiger partial charge on any atom is -0.348 e. The molecule has 1 heterocycles. The van der Waals surface area contributed by atoms with Gasteiger partial charge in [0.15, 0.2) is 0 Å². The smallest absolute Gasteiger partial charge is 0.242 e. The fraction of sp³-hybridized carbons (Fsp3) is 0.188. The van der Waals surface area contributed by atoms with Gasteiger partial charge in [-0.15, -0.1) is 5.10 Å². The third-order valence-corrected chi connectivity index (χ3v) is 4.73. The summed E-state index contributed by atoms with van der Waals surface area (Å²) in [6.45, 7) is 1.85. The van der Waals surface area contributed by atoms with Gasteiger partial charge in [-0.1, -0.05) is 29.5 Å². The van der Waals surface area contributed by atoms with Crippen molar-refractivity contribution in [3.05, 3.63) is 54.1 Å². The highest BCUT2D eigenvalue weighted by Gasteiger charge is 2.14. The summed E-state index contributed by atoms with van der Waals surface area (Å²) in [4.78, 5) is 12.3. The second-order valence-electron chi connectivity index (χ2n) is 5.64. The second kappa shape index (κ2) is 6.61. The van der Waals surface area contributed by atoms with Crippen molar-refractivity contribution < 1.29 is 13.2 Å². The number of amides is 1. The van der Waals surface area contributed by atoms with Crippen molar-refractivity contribution in [2.24, 2.45) is 5.14 Å². The van der Waals surface area contributed by atoms with Crippen LogP contribution in [0.4, 0.5) is 0 Å². The lowest BCUT2D eigenvalue weighted by Gasteiger charge is -2.14. The minimum absolute atomic E-state index is 0.0314. The van der Waals surface area contributed by atoms with Gasteiger partial charge in [0.1, 0.15) is 12.1 Å². The molecular formula is C16H17N5O3S. The standard InChI is InChI=1S/C16H17N5O3S/c1-11(12-6-8-13(9-7-12)25(17,23)24)18-16(22)10-21-15-5-3-2-4-14(15)19-20-21/h2-9,11H,10H2,1H3,(H,18,22)(H2,17,23,24). The zero-order valence-electron chi connectivity index (χ0n) is 13.5. The van der Waals surface area contributed by atoms with Crippen molar-refractivity contribution >= 4 is 27.0 Å². The maximum atomic E-state index is 12.2. The molecule has 0 aliphatic heterocycles. The number of para-hydroxylation sites is 1. The lowest BCUT2D eigenvalue weighted by molar-refractivity contribution is -0.122. The normalized spacial score (nSPS) is 12.9. The summed E-state index contributed by atoms with van der Waals surface area (Å²) >= 11 is 0. The number of carbonyl (C=O) groups is 1. The molecule has 0 fully saturated rings. The molecule has 1 unspecified atom stereocenters. The van der Waals surface area contributed by atoms with Gasteiger partial charge in [-0.2, -0.15) is 0 Å². The summed E-state index contributed by atoms with van der Waals surface area (Å²) in [5.41, 5.74) is 2.27. The summed E-state index contributed by atoms with van der Waals surface area (Å²) in [7, 11) is -3.73. The fourth-order valence-electron chi connectivity index (χ4n) is 2.49. The third kappa shape index (κ3) is 3.83. The molecule has 1 aromatic heterocycles.